The summed E-state index contributed by atoms with van der Waals surface area (Å²) in [5, 5.41) is 2.01. The first-order valence-corrected chi connectivity index (χ1v) is 18.8. The SMILES string of the molecule is Cc1ccccc1-c1cccc2c1Oc1c(-c3ccccc3C)cc(-c3ccccc3C)c3c1P2(=O)c1cccc(-c2ccccc2C)c1O3. The van der Waals surface area contributed by atoms with Crippen LogP contribution in [0.1, 0.15) is 22.3 Å². The second kappa shape index (κ2) is 11.5. The average Bonchev–Trinajstić information content (AvgIpc) is 3.13. The van der Waals surface area contributed by atoms with Crippen LogP contribution in [-0.2, 0) is 4.57 Å². The van der Waals surface area contributed by atoms with Gasteiger partial charge in [0, 0.05) is 22.3 Å². The minimum atomic E-state index is -3.62. The monoisotopic (exact) mass is 666 g/mol. The standard InChI is InChI=1S/C46H35O3P/c1-28-15-5-9-19-32(28)36-23-13-25-40-42(36)48-44-38(34-21-11-7-17-30(34)3)27-39(35-22-12-8-18-31(35)4)45-46(44)50(40,47)41-26-14-24-37(43(41)49-45)33-20-10-6-16-29(33)2/h5-27H,1-4H3. The molecule has 0 aliphatic carbocycles. The fraction of sp³-hybridized carbons (Fsp3) is 0.0870. The molecule has 0 bridgehead atoms. The first kappa shape index (κ1) is 30.4. The third-order valence-electron chi connectivity index (χ3n) is 10.3. The number of ether oxygens (including phenoxy) is 2. The molecule has 2 heterocycles. The molecule has 0 unspecified atom stereocenters. The zero-order chi connectivity index (χ0) is 34.1. The number of fused-ring (bicyclic) bond motifs is 4. The quantitative estimate of drug-likeness (QED) is 0.175. The van der Waals surface area contributed by atoms with Gasteiger partial charge in [-0.05, 0) is 90.4 Å². The normalized spacial score (nSPS) is 13.4. The van der Waals surface area contributed by atoms with Crippen LogP contribution in [-0.4, -0.2) is 0 Å². The molecule has 3 nitrogen and oxygen atoms in total. The molecule has 0 aromatic heterocycles. The Balaban J connectivity index is 1.46. The van der Waals surface area contributed by atoms with Gasteiger partial charge in [-0.15, -0.1) is 0 Å². The van der Waals surface area contributed by atoms with Crippen LogP contribution in [0.2, 0.25) is 0 Å². The number of hydrogen-bond acceptors (Lipinski definition) is 3. The van der Waals surface area contributed by atoms with Gasteiger partial charge in [0.15, 0.2) is 18.6 Å². The number of rotatable bonds is 4. The summed E-state index contributed by atoms with van der Waals surface area (Å²) in [6.45, 7) is 8.45. The van der Waals surface area contributed by atoms with Gasteiger partial charge in [-0.2, -0.15) is 0 Å². The van der Waals surface area contributed by atoms with Crippen LogP contribution in [0.3, 0.4) is 0 Å². The lowest BCUT2D eigenvalue weighted by Gasteiger charge is -2.38. The molecule has 0 radical (unpaired) electrons. The molecule has 0 spiro atoms. The van der Waals surface area contributed by atoms with Crippen molar-refractivity contribution in [3.8, 4) is 67.5 Å². The van der Waals surface area contributed by atoms with Crippen LogP contribution < -0.4 is 25.4 Å². The number of hydrogen-bond donors (Lipinski definition) is 0. The van der Waals surface area contributed by atoms with E-state index in [0.717, 1.165) is 66.8 Å². The lowest BCUT2D eigenvalue weighted by Crippen LogP contribution is -2.36. The lowest BCUT2D eigenvalue weighted by atomic mass is 9.92. The maximum Gasteiger partial charge on any atom is 0.185 e. The van der Waals surface area contributed by atoms with Crippen LogP contribution in [0.5, 0.6) is 23.0 Å². The third kappa shape index (κ3) is 4.40. The van der Waals surface area contributed by atoms with E-state index in [1.165, 1.54) is 0 Å². The fourth-order valence-corrected chi connectivity index (χ4v) is 10.9. The van der Waals surface area contributed by atoms with Crippen LogP contribution in [0.25, 0.3) is 44.5 Å². The van der Waals surface area contributed by atoms with E-state index >= 15 is 4.57 Å². The molecule has 0 saturated carbocycles. The summed E-state index contributed by atoms with van der Waals surface area (Å²) in [4.78, 5) is 0. The zero-order valence-electron chi connectivity index (χ0n) is 28.5. The van der Waals surface area contributed by atoms with E-state index in [-0.39, 0.29) is 0 Å². The molecule has 7 aromatic rings. The van der Waals surface area contributed by atoms with Gasteiger partial charge in [0.25, 0.3) is 0 Å². The van der Waals surface area contributed by atoms with Crippen LogP contribution in [0, 0.1) is 27.7 Å². The molecular weight excluding hydrogens is 631 g/mol. The minimum Gasteiger partial charge on any atom is -0.454 e. The van der Waals surface area contributed by atoms with Crippen molar-refractivity contribution in [3.05, 3.63) is 162 Å². The molecular formula is C46H35O3P. The van der Waals surface area contributed by atoms with Gasteiger partial charge in [0.2, 0.25) is 0 Å². The molecule has 0 amide bonds. The Labute approximate surface area is 293 Å². The summed E-state index contributed by atoms with van der Waals surface area (Å²) in [5.74, 6) is 2.46. The Hall–Kier alpha value is -5.63. The van der Waals surface area contributed by atoms with Gasteiger partial charge in [0.05, 0.1) is 10.6 Å². The van der Waals surface area contributed by atoms with Gasteiger partial charge in [-0.25, -0.2) is 0 Å². The molecule has 50 heavy (non-hydrogen) atoms. The molecule has 0 atom stereocenters. The summed E-state index contributed by atoms with van der Waals surface area (Å²) < 4.78 is 31.2. The van der Waals surface area contributed by atoms with Crippen molar-refractivity contribution in [1.29, 1.82) is 0 Å². The molecule has 7 aromatic carbocycles. The second-order valence-corrected chi connectivity index (χ2v) is 16.0. The smallest absolute Gasteiger partial charge is 0.185 e. The van der Waals surface area contributed by atoms with Crippen molar-refractivity contribution in [1.82, 2.24) is 0 Å². The highest BCUT2D eigenvalue weighted by Gasteiger charge is 2.49. The Bertz CT molecular complexity index is 2410. The van der Waals surface area contributed by atoms with E-state index in [1.54, 1.807) is 0 Å². The molecule has 4 heteroatoms. The summed E-state index contributed by atoms with van der Waals surface area (Å²) >= 11 is 0. The maximum atomic E-state index is 16.9. The Kier molecular flexibility index (Phi) is 6.98. The highest BCUT2D eigenvalue weighted by atomic mass is 31.2. The topological polar surface area (TPSA) is 35.5 Å². The van der Waals surface area contributed by atoms with Gasteiger partial charge < -0.3 is 14.0 Å². The summed E-state index contributed by atoms with van der Waals surface area (Å²) in [5.41, 5.74) is 12.3. The number of benzene rings is 7. The van der Waals surface area contributed by atoms with Crippen molar-refractivity contribution < 1.29 is 14.0 Å². The van der Waals surface area contributed by atoms with Crippen LogP contribution in [0.15, 0.2) is 140 Å². The van der Waals surface area contributed by atoms with Gasteiger partial charge in [-0.3, -0.25) is 0 Å². The summed E-state index contributed by atoms with van der Waals surface area (Å²) in [6, 6.07) is 47.7. The highest BCUT2D eigenvalue weighted by molar-refractivity contribution is 7.86. The van der Waals surface area contributed by atoms with E-state index in [0.29, 0.717) is 38.9 Å². The van der Waals surface area contributed by atoms with Gasteiger partial charge >= 0.3 is 0 Å². The first-order chi connectivity index (χ1) is 24.4. The fourth-order valence-electron chi connectivity index (χ4n) is 7.79. The molecule has 0 fully saturated rings. The van der Waals surface area contributed by atoms with E-state index in [4.69, 9.17) is 9.47 Å². The highest BCUT2D eigenvalue weighted by Crippen LogP contribution is 2.64. The Morgan fingerprint density at radius 2 is 0.680 bits per heavy atom. The van der Waals surface area contributed by atoms with Crippen molar-refractivity contribution >= 4 is 23.1 Å². The maximum absolute atomic E-state index is 16.9. The lowest BCUT2D eigenvalue weighted by molar-refractivity contribution is 0.465. The molecule has 9 rings (SSSR count). The molecule has 2 aliphatic heterocycles. The third-order valence-corrected chi connectivity index (χ3v) is 13.4. The second-order valence-electron chi connectivity index (χ2n) is 13.4. The van der Waals surface area contributed by atoms with E-state index in [1.807, 2.05) is 48.5 Å². The van der Waals surface area contributed by atoms with Crippen molar-refractivity contribution in [2.75, 3.05) is 0 Å². The zero-order valence-corrected chi connectivity index (χ0v) is 29.3. The van der Waals surface area contributed by atoms with Gasteiger partial charge in [0.1, 0.15) is 16.8 Å². The predicted octanol–water partition coefficient (Wildman–Crippen LogP) is 11.4. The molecule has 2 aliphatic rings. The van der Waals surface area contributed by atoms with E-state index < -0.39 is 7.14 Å². The Morgan fingerprint density at radius 1 is 0.360 bits per heavy atom. The predicted molar refractivity (Wildman–Crippen MR) is 207 cm³/mol. The summed E-state index contributed by atoms with van der Waals surface area (Å²) in [7, 11) is -3.62. The largest absolute Gasteiger partial charge is 0.454 e. The van der Waals surface area contributed by atoms with E-state index in [2.05, 4.69) is 119 Å². The van der Waals surface area contributed by atoms with Crippen LogP contribution in [0.4, 0.5) is 0 Å². The van der Waals surface area contributed by atoms with Crippen LogP contribution >= 0.6 is 7.14 Å². The Morgan fingerprint density at radius 3 is 1.04 bits per heavy atom. The summed E-state index contributed by atoms with van der Waals surface area (Å²) in [6.07, 6.45) is 0. The number of para-hydroxylation sites is 2. The average molecular weight is 667 g/mol. The van der Waals surface area contributed by atoms with Crippen molar-refractivity contribution in [2.24, 2.45) is 0 Å². The molecule has 242 valence electrons. The van der Waals surface area contributed by atoms with Crippen molar-refractivity contribution in [2.45, 2.75) is 27.7 Å². The van der Waals surface area contributed by atoms with E-state index in [9.17, 15) is 0 Å². The minimum absolute atomic E-state index is 0.593. The molecule has 0 N–H and O–H groups in total. The molecule has 0 saturated heterocycles. The van der Waals surface area contributed by atoms with Gasteiger partial charge in [-0.1, -0.05) is 121 Å². The first-order valence-electron chi connectivity index (χ1n) is 17.0. The number of aryl methyl sites for hydroxylation is 4. The van der Waals surface area contributed by atoms with Crippen molar-refractivity contribution in [3.63, 3.8) is 0 Å².